The highest BCUT2D eigenvalue weighted by Gasteiger charge is 2.47. The van der Waals surface area contributed by atoms with E-state index in [4.69, 9.17) is 9.47 Å². The zero-order chi connectivity index (χ0) is 20.6. The van der Waals surface area contributed by atoms with Crippen LogP contribution < -0.4 is 0 Å². The SMILES string of the molecule is CN([C@H]1COC2(CCN(C(=O)OC(C)(C)C)CC2)C1)S(=O)(=O)C1C=CC=CC1. The van der Waals surface area contributed by atoms with E-state index in [0.717, 1.165) is 0 Å². The van der Waals surface area contributed by atoms with Gasteiger partial charge in [-0.1, -0.05) is 24.3 Å². The second-order valence-corrected chi connectivity index (χ2v) is 11.2. The first-order valence-corrected chi connectivity index (χ1v) is 11.4. The third-order valence-corrected chi connectivity index (χ3v) is 7.97. The molecule has 1 spiro atoms. The van der Waals surface area contributed by atoms with Crippen LogP contribution in [0.3, 0.4) is 0 Å². The van der Waals surface area contributed by atoms with Crippen molar-refractivity contribution in [2.45, 2.75) is 68.9 Å². The van der Waals surface area contributed by atoms with Crippen molar-refractivity contribution < 1.29 is 22.7 Å². The van der Waals surface area contributed by atoms with E-state index in [0.29, 0.717) is 45.4 Å². The number of amides is 1. The molecule has 28 heavy (non-hydrogen) atoms. The predicted molar refractivity (Wildman–Crippen MR) is 107 cm³/mol. The lowest BCUT2D eigenvalue weighted by Gasteiger charge is -2.39. The molecule has 1 unspecified atom stereocenters. The Morgan fingerprint density at radius 2 is 1.93 bits per heavy atom. The van der Waals surface area contributed by atoms with Crippen LogP contribution in [-0.4, -0.2) is 73.0 Å². The first-order valence-electron chi connectivity index (χ1n) is 9.95. The van der Waals surface area contributed by atoms with E-state index in [-0.39, 0.29) is 17.7 Å². The van der Waals surface area contributed by atoms with Crippen molar-refractivity contribution in [1.82, 2.24) is 9.21 Å². The fourth-order valence-corrected chi connectivity index (χ4v) is 5.65. The van der Waals surface area contributed by atoms with Crippen LogP contribution in [0.25, 0.3) is 0 Å². The van der Waals surface area contributed by atoms with Gasteiger partial charge in [0.15, 0.2) is 0 Å². The van der Waals surface area contributed by atoms with Crippen LogP contribution in [0.5, 0.6) is 0 Å². The summed E-state index contributed by atoms with van der Waals surface area (Å²) in [4.78, 5) is 14.0. The van der Waals surface area contributed by atoms with Gasteiger partial charge in [-0.3, -0.25) is 0 Å². The maximum Gasteiger partial charge on any atom is 0.410 e. The Morgan fingerprint density at radius 1 is 1.25 bits per heavy atom. The molecule has 8 heteroatoms. The fraction of sp³-hybridized carbons (Fsp3) is 0.750. The van der Waals surface area contributed by atoms with Crippen molar-refractivity contribution >= 4 is 16.1 Å². The average Bonchev–Trinajstić information content (AvgIpc) is 3.04. The lowest BCUT2D eigenvalue weighted by Crippen LogP contribution is -2.48. The molecule has 2 heterocycles. The summed E-state index contributed by atoms with van der Waals surface area (Å²) in [7, 11) is -1.76. The van der Waals surface area contributed by atoms with Crippen LogP contribution >= 0.6 is 0 Å². The summed E-state index contributed by atoms with van der Waals surface area (Å²) in [5.74, 6) is 0. The van der Waals surface area contributed by atoms with Crippen molar-refractivity contribution in [1.29, 1.82) is 0 Å². The van der Waals surface area contributed by atoms with E-state index >= 15 is 0 Å². The number of carbonyl (C=O) groups excluding carboxylic acids is 1. The summed E-state index contributed by atoms with van der Waals surface area (Å²) < 4.78 is 38.9. The highest BCUT2D eigenvalue weighted by molar-refractivity contribution is 7.89. The summed E-state index contributed by atoms with van der Waals surface area (Å²) in [6.45, 7) is 7.09. The van der Waals surface area contributed by atoms with Gasteiger partial charge in [0.1, 0.15) is 5.60 Å². The number of rotatable bonds is 3. The molecule has 0 N–H and O–H groups in total. The zero-order valence-corrected chi connectivity index (χ0v) is 18.1. The Bertz CT molecular complexity index is 745. The van der Waals surface area contributed by atoms with Crippen molar-refractivity contribution in [3.63, 3.8) is 0 Å². The maximum atomic E-state index is 12.9. The van der Waals surface area contributed by atoms with Gasteiger partial charge in [-0.15, -0.1) is 0 Å². The quantitative estimate of drug-likeness (QED) is 0.712. The van der Waals surface area contributed by atoms with Crippen molar-refractivity contribution in [3.05, 3.63) is 24.3 Å². The van der Waals surface area contributed by atoms with Gasteiger partial charge >= 0.3 is 6.09 Å². The topological polar surface area (TPSA) is 76.2 Å². The molecule has 3 rings (SSSR count). The number of nitrogens with zero attached hydrogens (tertiary/aromatic N) is 2. The molecule has 0 radical (unpaired) electrons. The van der Waals surface area contributed by atoms with E-state index in [1.54, 1.807) is 24.1 Å². The largest absolute Gasteiger partial charge is 0.444 e. The fourth-order valence-electron chi connectivity index (χ4n) is 4.03. The Morgan fingerprint density at radius 3 is 2.50 bits per heavy atom. The molecule has 0 bridgehead atoms. The van der Waals surface area contributed by atoms with Gasteiger partial charge in [0.05, 0.1) is 23.5 Å². The lowest BCUT2D eigenvalue weighted by atomic mass is 9.87. The third-order valence-electron chi connectivity index (χ3n) is 5.76. The number of likely N-dealkylation sites (N-methyl/N-ethyl adjacent to an activating group) is 1. The Kier molecular flexibility index (Phi) is 5.94. The molecular weight excluding hydrogens is 380 g/mol. The number of carbonyl (C=O) groups is 1. The summed E-state index contributed by atoms with van der Waals surface area (Å²) in [6.07, 6.45) is 9.56. The minimum atomic E-state index is -3.41. The molecule has 1 amide bonds. The minimum Gasteiger partial charge on any atom is -0.444 e. The molecule has 2 atom stereocenters. The number of piperidine rings is 1. The molecule has 0 aromatic carbocycles. The first kappa shape index (κ1) is 21.3. The van der Waals surface area contributed by atoms with E-state index in [2.05, 4.69) is 0 Å². The first-order chi connectivity index (χ1) is 13.0. The van der Waals surface area contributed by atoms with Gasteiger partial charge in [-0.05, 0) is 46.5 Å². The molecule has 3 aliphatic rings. The Hall–Kier alpha value is -1.38. The normalized spacial score (nSPS) is 27.5. The summed E-state index contributed by atoms with van der Waals surface area (Å²) in [5, 5.41) is -0.506. The number of hydrogen-bond acceptors (Lipinski definition) is 5. The van der Waals surface area contributed by atoms with E-state index in [1.807, 2.05) is 32.9 Å². The number of likely N-dealkylation sites (tertiary alicyclic amines) is 1. The molecular formula is C20H32N2O5S. The Labute approximate surface area is 168 Å². The number of allylic oxidation sites excluding steroid dienone is 3. The molecule has 158 valence electrons. The van der Waals surface area contributed by atoms with Crippen molar-refractivity contribution in [2.75, 3.05) is 26.7 Å². The second-order valence-electron chi connectivity index (χ2n) is 8.97. The molecule has 0 aromatic rings. The number of ether oxygens (including phenoxy) is 2. The highest BCUT2D eigenvalue weighted by atomic mass is 32.2. The third kappa shape index (κ3) is 4.60. The smallest absolute Gasteiger partial charge is 0.410 e. The second kappa shape index (κ2) is 7.80. The van der Waals surface area contributed by atoms with Gasteiger partial charge in [-0.25, -0.2) is 13.2 Å². The highest BCUT2D eigenvalue weighted by Crippen LogP contribution is 2.38. The van der Waals surface area contributed by atoms with Gasteiger partial charge in [0, 0.05) is 20.1 Å². The van der Waals surface area contributed by atoms with E-state index in [1.165, 1.54) is 4.31 Å². The molecule has 2 aliphatic heterocycles. The molecule has 2 saturated heterocycles. The summed E-state index contributed by atoms with van der Waals surface area (Å²) in [6, 6.07) is -0.169. The van der Waals surface area contributed by atoms with E-state index in [9.17, 15) is 13.2 Å². The van der Waals surface area contributed by atoms with Crippen LogP contribution in [0, 0.1) is 0 Å². The van der Waals surface area contributed by atoms with Gasteiger partial charge in [0.25, 0.3) is 0 Å². The molecule has 7 nitrogen and oxygen atoms in total. The van der Waals surface area contributed by atoms with Crippen LogP contribution in [0.4, 0.5) is 4.79 Å². The van der Waals surface area contributed by atoms with Crippen molar-refractivity contribution in [2.24, 2.45) is 0 Å². The van der Waals surface area contributed by atoms with Crippen LogP contribution in [0.2, 0.25) is 0 Å². The molecule has 0 saturated carbocycles. The molecule has 1 aliphatic carbocycles. The van der Waals surface area contributed by atoms with Gasteiger partial charge < -0.3 is 14.4 Å². The number of sulfonamides is 1. The molecule has 0 aromatic heterocycles. The van der Waals surface area contributed by atoms with Crippen LogP contribution in [-0.2, 0) is 19.5 Å². The molecule has 2 fully saturated rings. The summed E-state index contributed by atoms with van der Waals surface area (Å²) >= 11 is 0. The zero-order valence-electron chi connectivity index (χ0n) is 17.3. The van der Waals surface area contributed by atoms with Crippen LogP contribution in [0.15, 0.2) is 24.3 Å². The van der Waals surface area contributed by atoms with E-state index < -0.39 is 20.9 Å². The Balaban J connectivity index is 1.57. The van der Waals surface area contributed by atoms with Gasteiger partial charge in [-0.2, -0.15) is 4.31 Å². The lowest BCUT2D eigenvalue weighted by molar-refractivity contribution is -0.0487. The minimum absolute atomic E-state index is 0.169. The van der Waals surface area contributed by atoms with Crippen LogP contribution in [0.1, 0.15) is 46.5 Å². The van der Waals surface area contributed by atoms with Crippen molar-refractivity contribution in [3.8, 4) is 0 Å². The average molecular weight is 413 g/mol. The maximum absolute atomic E-state index is 12.9. The van der Waals surface area contributed by atoms with Gasteiger partial charge in [0.2, 0.25) is 10.0 Å². The standard InChI is InChI=1S/C20H32N2O5S/c1-19(2,3)27-18(23)22-12-10-20(11-13-22)14-16(15-26-20)21(4)28(24,25)17-8-6-5-7-9-17/h5-8,16-17H,9-15H2,1-4H3/t16-,17?/m1/s1. The summed E-state index contributed by atoms with van der Waals surface area (Å²) in [5.41, 5.74) is -0.865. The number of hydrogen-bond donors (Lipinski definition) is 0. The predicted octanol–water partition coefficient (Wildman–Crippen LogP) is 2.69. The monoisotopic (exact) mass is 412 g/mol.